The van der Waals surface area contributed by atoms with Crippen LogP contribution in [0.2, 0.25) is 0 Å². The zero-order chi connectivity index (χ0) is 17.5. The first-order valence-electron chi connectivity index (χ1n) is 8.75. The highest BCUT2D eigenvalue weighted by Gasteiger charge is 2.15. The lowest BCUT2D eigenvalue weighted by molar-refractivity contribution is -0.901. The molecule has 3 nitrogen and oxygen atoms in total. The Bertz CT molecular complexity index is 682. The van der Waals surface area contributed by atoms with Crippen molar-refractivity contribution >= 4 is 17.7 Å². The van der Waals surface area contributed by atoms with E-state index in [0.29, 0.717) is 12.3 Å². The normalized spacial score (nSPS) is 14.6. The molecule has 3 rings (SSSR count). The third-order valence-corrected chi connectivity index (χ3v) is 5.47. The maximum Gasteiger partial charge on any atom is 0.230 e. The van der Waals surface area contributed by atoms with Gasteiger partial charge in [0.2, 0.25) is 5.91 Å². The summed E-state index contributed by atoms with van der Waals surface area (Å²) in [6.07, 6.45) is 2.69. The minimum absolute atomic E-state index is 0.0140. The predicted octanol–water partition coefficient (Wildman–Crippen LogP) is 2.41. The van der Waals surface area contributed by atoms with Crippen LogP contribution in [0.3, 0.4) is 0 Å². The van der Waals surface area contributed by atoms with E-state index in [4.69, 9.17) is 0 Å². The summed E-state index contributed by atoms with van der Waals surface area (Å²) in [5.74, 6) is 0.0608. The molecule has 1 aliphatic rings. The highest BCUT2D eigenvalue weighted by Crippen LogP contribution is 2.17. The average Bonchev–Trinajstić information content (AvgIpc) is 3.14. The molecule has 0 aliphatic carbocycles. The fraction of sp³-hybridized carbons (Fsp3) is 0.350. The summed E-state index contributed by atoms with van der Waals surface area (Å²) >= 11 is 1.41. The number of amides is 1. The second-order valence-electron chi connectivity index (χ2n) is 6.47. The van der Waals surface area contributed by atoms with Gasteiger partial charge in [0.15, 0.2) is 0 Å². The Kier molecular flexibility index (Phi) is 6.48. The molecule has 1 heterocycles. The number of halogens is 1. The fourth-order valence-electron chi connectivity index (χ4n) is 3.05. The highest BCUT2D eigenvalue weighted by atomic mass is 32.2. The molecule has 0 spiro atoms. The summed E-state index contributed by atoms with van der Waals surface area (Å²) < 4.78 is 12.8. The summed E-state index contributed by atoms with van der Waals surface area (Å²) in [7, 11) is 0. The summed E-state index contributed by atoms with van der Waals surface area (Å²) in [4.78, 5) is 14.5. The van der Waals surface area contributed by atoms with Crippen molar-refractivity contribution in [1.29, 1.82) is 0 Å². The van der Waals surface area contributed by atoms with Crippen molar-refractivity contribution in [3.8, 4) is 0 Å². The third kappa shape index (κ3) is 5.87. The maximum atomic E-state index is 12.8. The molecule has 2 aromatic rings. The smallest absolute Gasteiger partial charge is 0.230 e. The number of quaternary nitrogens is 1. The van der Waals surface area contributed by atoms with Crippen LogP contribution in [0.15, 0.2) is 53.4 Å². The lowest BCUT2D eigenvalue weighted by atomic mass is 10.1. The van der Waals surface area contributed by atoms with Crippen molar-refractivity contribution < 1.29 is 14.1 Å². The summed E-state index contributed by atoms with van der Waals surface area (Å²) in [6.45, 7) is 4.20. The zero-order valence-corrected chi connectivity index (χ0v) is 15.1. The molecule has 0 saturated carbocycles. The second-order valence-corrected chi connectivity index (χ2v) is 7.52. The number of hydrogen-bond donors (Lipinski definition) is 2. The molecule has 132 valence electrons. The van der Waals surface area contributed by atoms with Gasteiger partial charge in [-0.25, -0.2) is 4.39 Å². The van der Waals surface area contributed by atoms with Crippen LogP contribution in [-0.4, -0.2) is 24.7 Å². The Hall–Kier alpha value is -1.85. The number of rotatable bonds is 7. The molecule has 25 heavy (non-hydrogen) atoms. The number of thioether (sulfide) groups is 1. The van der Waals surface area contributed by atoms with Crippen LogP contribution in [0.4, 0.5) is 4.39 Å². The molecule has 0 aromatic heterocycles. The van der Waals surface area contributed by atoms with Crippen molar-refractivity contribution in [1.82, 2.24) is 5.32 Å². The van der Waals surface area contributed by atoms with Crippen molar-refractivity contribution in [2.45, 2.75) is 30.8 Å². The quantitative estimate of drug-likeness (QED) is 0.745. The molecular formula is C20H24FN2OS+. The molecule has 1 saturated heterocycles. The highest BCUT2D eigenvalue weighted by molar-refractivity contribution is 8.00. The summed E-state index contributed by atoms with van der Waals surface area (Å²) in [6, 6.07) is 14.7. The van der Waals surface area contributed by atoms with Crippen LogP contribution < -0.4 is 10.2 Å². The first-order chi connectivity index (χ1) is 12.2. The molecule has 0 radical (unpaired) electrons. The number of likely N-dealkylation sites (tertiary alicyclic amines) is 1. The minimum Gasteiger partial charge on any atom is -0.351 e. The topological polar surface area (TPSA) is 33.5 Å². The van der Waals surface area contributed by atoms with E-state index < -0.39 is 0 Å². The molecule has 5 heteroatoms. The largest absolute Gasteiger partial charge is 0.351 e. The van der Waals surface area contributed by atoms with Gasteiger partial charge in [-0.05, 0) is 29.8 Å². The van der Waals surface area contributed by atoms with E-state index in [2.05, 4.69) is 29.6 Å². The number of nitrogens with one attached hydrogen (secondary N) is 2. The second kappa shape index (κ2) is 9.02. The van der Waals surface area contributed by atoms with Crippen LogP contribution in [-0.2, 0) is 17.9 Å². The number of carbonyl (C=O) groups is 1. The van der Waals surface area contributed by atoms with Gasteiger partial charge in [0, 0.05) is 29.8 Å². The number of hydrogen-bond acceptors (Lipinski definition) is 2. The first-order valence-corrected chi connectivity index (χ1v) is 9.74. The van der Waals surface area contributed by atoms with E-state index in [1.165, 1.54) is 55.4 Å². The Morgan fingerprint density at radius 2 is 1.64 bits per heavy atom. The molecule has 0 atom stereocenters. The van der Waals surface area contributed by atoms with E-state index in [1.54, 1.807) is 17.0 Å². The average molecular weight is 359 g/mol. The number of carbonyl (C=O) groups excluding carboxylic acids is 1. The van der Waals surface area contributed by atoms with Gasteiger partial charge >= 0.3 is 0 Å². The van der Waals surface area contributed by atoms with Crippen molar-refractivity contribution in [2.24, 2.45) is 0 Å². The van der Waals surface area contributed by atoms with Gasteiger partial charge in [-0.2, -0.15) is 0 Å². The fourth-order valence-corrected chi connectivity index (χ4v) is 3.78. The van der Waals surface area contributed by atoms with Crippen molar-refractivity contribution in [3.63, 3.8) is 0 Å². The summed E-state index contributed by atoms with van der Waals surface area (Å²) in [5, 5.41) is 2.93. The molecule has 1 aliphatic heterocycles. The van der Waals surface area contributed by atoms with E-state index in [1.807, 2.05) is 0 Å². The van der Waals surface area contributed by atoms with Gasteiger partial charge in [-0.1, -0.05) is 24.3 Å². The minimum atomic E-state index is -0.261. The van der Waals surface area contributed by atoms with Crippen LogP contribution in [0.25, 0.3) is 0 Å². The maximum absolute atomic E-state index is 12.8. The van der Waals surface area contributed by atoms with Gasteiger partial charge in [-0.3, -0.25) is 4.79 Å². The van der Waals surface area contributed by atoms with E-state index in [9.17, 15) is 9.18 Å². The van der Waals surface area contributed by atoms with Gasteiger partial charge in [0.1, 0.15) is 12.4 Å². The molecule has 2 aromatic carbocycles. The molecular weight excluding hydrogens is 335 g/mol. The Morgan fingerprint density at radius 1 is 1.00 bits per heavy atom. The van der Waals surface area contributed by atoms with E-state index in [-0.39, 0.29) is 11.7 Å². The lowest BCUT2D eigenvalue weighted by Crippen LogP contribution is -3.08. The Morgan fingerprint density at radius 3 is 2.32 bits per heavy atom. The number of benzene rings is 2. The van der Waals surface area contributed by atoms with Crippen LogP contribution >= 0.6 is 11.8 Å². The Labute approximate surface area is 152 Å². The van der Waals surface area contributed by atoms with E-state index >= 15 is 0 Å². The molecule has 0 bridgehead atoms. The first kappa shape index (κ1) is 18.0. The molecule has 1 amide bonds. The zero-order valence-electron chi connectivity index (χ0n) is 14.3. The van der Waals surface area contributed by atoms with Crippen LogP contribution in [0.1, 0.15) is 24.0 Å². The van der Waals surface area contributed by atoms with Crippen LogP contribution in [0.5, 0.6) is 0 Å². The SMILES string of the molecule is O=C(CSc1ccc(F)cc1)NCc1ccc(C[NH+]2CCCC2)cc1. The van der Waals surface area contributed by atoms with E-state index in [0.717, 1.165) is 17.0 Å². The monoisotopic (exact) mass is 359 g/mol. The Balaban J connectivity index is 1.39. The molecule has 0 unspecified atom stereocenters. The van der Waals surface area contributed by atoms with Crippen LogP contribution in [0, 0.1) is 5.82 Å². The van der Waals surface area contributed by atoms with Crippen molar-refractivity contribution in [2.75, 3.05) is 18.8 Å². The third-order valence-electron chi connectivity index (χ3n) is 4.46. The van der Waals surface area contributed by atoms with Gasteiger partial charge < -0.3 is 10.2 Å². The standard InChI is InChI=1S/C20H23FN2OS/c21-18-7-9-19(10-8-18)25-15-20(24)22-13-16-3-5-17(6-4-16)14-23-11-1-2-12-23/h3-10H,1-2,11-15H2,(H,22,24)/p+1. The predicted molar refractivity (Wildman–Crippen MR) is 99.0 cm³/mol. The summed E-state index contributed by atoms with van der Waals surface area (Å²) in [5.41, 5.74) is 2.47. The van der Waals surface area contributed by atoms with Gasteiger partial charge in [-0.15, -0.1) is 11.8 Å². The van der Waals surface area contributed by atoms with Gasteiger partial charge in [0.25, 0.3) is 0 Å². The lowest BCUT2D eigenvalue weighted by Gasteiger charge is -2.12. The molecule has 1 fully saturated rings. The van der Waals surface area contributed by atoms with Gasteiger partial charge in [0.05, 0.1) is 18.8 Å². The van der Waals surface area contributed by atoms with Crippen molar-refractivity contribution in [3.05, 3.63) is 65.5 Å². The molecule has 2 N–H and O–H groups in total.